The van der Waals surface area contributed by atoms with Crippen molar-refractivity contribution in [2.75, 3.05) is 25.5 Å². The van der Waals surface area contributed by atoms with Gasteiger partial charge >= 0.3 is 0 Å². The minimum absolute atomic E-state index is 0.0696. The van der Waals surface area contributed by atoms with Crippen LogP contribution in [0.15, 0.2) is 64.9 Å². The van der Waals surface area contributed by atoms with Gasteiger partial charge in [0, 0.05) is 37.1 Å². The standard InChI is InChI=1S/C22H26BN5O2/c1-15-13-17(25-22(15)19(10-11-24)20-5-4-12-27(20)23)8-6-16-7-9-18(26(2)3)14-21(16)28(29)30/h4-9,12-14H,10-11,23-24H2,1-3H3/b8-6+,22-19-. The average Bonchev–Trinajstić information content (AvgIpc) is 3.29. The topological polar surface area (TPSA) is 89.7 Å². The lowest BCUT2D eigenvalue weighted by molar-refractivity contribution is -0.385. The smallest absolute Gasteiger partial charge is 0.278 e. The quantitative estimate of drug-likeness (QED) is 0.437. The number of nitro benzene ring substituents is 1. The second-order valence-electron chi connectivity index (χ2n) is 7.46. The van der Waals surface area contributed by atoms with Gasteiger partial charge in [0.25, 0.3) is 5.69 Å². The van der Waals surface area contributed by atoms with Crippen molar-refractivity contribution in [3.8, 4) is 0 Å². The molecule has 0 aliphatic carbocycles. The molecule has 2 aromatic rings. The lowest BCUT2D eigenvalue weighted by atomic mass is 10.0. The Morgan fingerprint density at radius 1 is 1.33 bits per heavy atom. The molecule has 0 fully saturated rings. The van der Waals surface area contributed by atoms with Crippen LogP contribution in [-0.2, 0) is 0 Å². The first-order chi connectivity index (χ1) is 14.3. The largest absolute Gasteiger partial charge is 0.399 e. The molecule has 0 bridgehead atoms. The van der Waals surface area contributed by atoms with E-state index in [1.165, 1.54) is 0 Å². The molecule has 0 saturated carbocycles. The highest BCUT2D eigenvalue weighted by Crippen LogP contribution is 2.31. The van der Waals surface area contributed by atoms with Gasteiger partial charge in [0.05, 0.1) is 21.9 Å². The van der Waals surface area contributed by atoms with Crippen molar-refractivity contribution in [1.82, 2.24) is 4.48 Å². The molecule has 0 amide bonds. The van der Waals surface area contributed by atoms with Crippen molar-refractivity contribution in [3.05, 3.63) is 81.3 Å². The van der Waals surface area contributed by atoms with E-state index in [2.05, 4.69) is 10.5 Å². The van der Waals surface area contributed by atoms with E-state index in [9.17, 15) is 10.1 Å². The Hall–Kier alpha value is -3.39. The molecule has 0 unspecified atom stereocenters. The summed E-state index contributed by atoms with van der Waals surface area (Å²) in [5.41, 5.74) is 12.2. The SMILES string of the molecule is Bn1cccc1/C(CCN)=C1N=C(/C=C/c2ccc(N(C)C)cc2[N+](=O)[O-])C=C\1C. The molecule has 1 aliphatic rings. The normalized spacial score (nSPS) is 15.3. The maximum atomic E-state index is 11.5. The van der Waals surface area contributed by atoms with Gasteiger partial charge in [-0.2, -0.15) is 0 Å². The third-order valence-corrected chi connectivity index (χ3v) is 5.07. The van der Waals surface area contributed by atoms with Crippen molar-refractivity contribution in [1.29, 1.82) is 0 Å². The predicted octanol–water partition coefficient (Wildman–Crippen LogP) is 3.03. The van der Waals surface area contributed by atoms with Crippen LogP contribution in [0, 0.1) is 10.1 Å². The number of nitrogens with two attached hydrogens (primary N) is 1. The van der Waals surface area contributed by atoms with Crippen LogP contribution in [0.5, 0.6) is 0 Å². The van der Waals surface area contributed by atoms with Gasteiger partial charge in [-0.25, -0.2) is 4.99 Å². The number of hydrogen-bond acceptors (Lipinski definition) is 5. The molecule has 0 spiro atoms. The van der Waals surface area contributed by atoms with Crippen molar-refractivity contribution >= 4 is 36.7 Å². The lowest BCUT2D eigenvalue weighted by Gasteiger charge is -2.12. The van der Waals surface area contributed by atoms with Crippen LogP contribution in [0.3, 0.4) is 0 Å². The Morgan fingerprint density at radius 3 is 2.70 bits per heavy atom. The molecule has 0 radical (unpaired) electrons. The molecule has 154 valence electrons. The first-order valence-corrected chi connectivity index (χ1v) is 9.78. The Morgan fingerprint density at radius 2 is 2.10 bits per heavy atom. The average molecular weight is 403 g/mol. The number of anilines is 1. The molecule has 7 nitrogen and oxygen atoms in total. The second kappa shape index (κ2) is 8.96. The van der Waals surface area contributed by atoms with E-state index in [1.54, 1.807) is 18.2 Å². The summed E-state index contributed by atoms with van der Waals surface area (Å²) in [6.45, 7) is 2.55. The lowest BCUT2D eigenvalue weighted by Crippen LogP contribution is -2.09. The van der Waals surface area contributed by atoms with Gasteiger partial charge in [0.1, 0.15) is 0 Å². The zero-order valence-corrected chi connectivity index (χ0v) is 17.8. The van der Waals surface area contributed by atoms with Crippen molar-refractivity contribution in [2.45, 2.75) is 13.3 Å². The second-order valence-corrected chi connectivity index (χ2v) is 7.46. The number of allylic oxidation sites excluding steroid dienone is 3. The van der Waals surface area contributed by atoms with Crippen molar-refractivity contribution < 1.29 is 4.92 Å². The van der Waals surface area contributed by atoms with E-state index < -0.39 is 0 Å². The number of nitro groups is 1. The number of benzene rings is 1. The summed E-state index contributed by atoms with van der Waals surface area (Å²) in [7, 11) is 5.71. The van der Waals surface area contributed by atoms with Crippen LogP contribution in [0.25, 0.3) is 11.6 Å². The highest BCUT2D eigenvalue weighted by atomic mass is 16.6. The minimum Gasteiger partial charge on any atom is -0.399 e. The summed E-state index contributed by atoms with van der Waals surface area (Å²) in [6, 6.07) is 9.27. The minimum atomic E-state index is -0.357. The van der Waals surface area contributed by atoms with Gasteiger partial charge in [-0.15, -0.1) is 0 Å². The Kier molecular flexibility index (Phi) is 6.37. The van der Waals surface area contributed by atoms with Crippen LogP contribution in [0.4, 0.5) is 11.4 Å². The van der Waals surface area contributed by atoms with Gasteiger partial charge < -0.3 is 15.1 Å². The highest BCUT2D eigenvalue weighted by molar-refractivity contribution is 6.11. The number of nitrogens with zero attached hydrogens (tertiary/aromatic N) is 4. The van der Waals surface area contributed by atoms with E-state index in [-0.39, 0.29) is 10.6 Å². The first-order valence-electron chi connectivity index (χ1n) is 9.78. The third-order valence-electron chi connectivity index (χ3n) is 5.07. The van der Waals surface area contributed by atoms with Crippen LogP contribution < -0.4 is 10.6 Å². The fourth-order valence-corrected chi connectivity index (χ4v) is 3.50. The number of rotatable bonds is 7. The summed E-state index contributed by atoms with van der Waals surface area (Å²) in [5.74, 6) is 0. The van der Waals surface area contributed by atoms with Crippen LogP contribution in [0.2, 0.25) is 0 Å². The van der Waals surface area contributed by atoms with E-state index in [0.717, 1.165) is 40.4 Å². The van der Waals surface area contributed by atoms with Gasteiger partial charge in [0.2, 0.25) is 7.98 Å². The molecular formula is C22H26BN5O2. The fraction of sp³-hybridized carbons (Fsp3) is 0.227. The monoisotopic (exact) mass is 403 g/mol. The van der Waals surface area contributed by atoms with Gasteiger partial charge in [0.15, 0.2) is 0 Å². The fourth-order valence-electron chi connectivity index (χ4n) is 3.50. The molecule has 8 heteroatoms. The summed E-state index contributed by atoms with van der Waals surface area (Å²) >= 11 is 0. The van der Waals surface area contributed by atoms with Crippen molar-refractivity contribution in [2.24, 2.45) is 10.7 Å². The molecule has 0 atom stereocenters. The molecule has 3 rings (SSSR count). The molecular weight excluding hydrogens is 377 g/mol. The molecule has 0 saturated heterocycles. The number of hydrogen-bond donors (Lipinski definition) is 1. The summed E-state index contributed by atoms with van der Waals surface area (Å²) in [5, 5.41) is 11.5. The molecule has 1 aromatic heterocycles. The summed E-state index contributed by atoms with van der Waals surface area (Å²) in [6.07, 6.45) is 8.27. The summed E-state index contributed by atoms with van der Waals surface area (Å²) < 4.78 is 2.06. The number of aliphatic imine (C=N–C) groups is 1. The van der Waals surface area contributed by atoms with Gasteiger partial charge in [-0.05, 0) is 74.2 Å². The van der Waals surface area contributed by atoms with E-state index in [1.807, 2.05) is 64.4 Å². The molecule has 30 heavy (non-hydrogen) atoms. The van der Waals surface area contributed by atoms with Gasteiger partial charge in [-0.3, -0.25) is 10.1 Å². The van der Waals surface area contributed by atoms with Gasteiger partial charge in [-0.1, -0.05) is 0 Å². The maximum absolute atomic E-state index is 11.5. The third kappa shape index (κ3) is 4.44. The Balaban J connectivity index is 1.98. The molecule has 1 aliphatic heterocycles. The molecule has 2 N–H and O–H groups in total. The number of aromatic nitrogens is 1. The maximum Gasteiger partial charge on any atom is 0.278 e. The van der Waals surface area contributed by atoms with Crippen LogP contribution in [0.1, 0.15) is 24.6 Å². The van der Waals surface area contributed by atoms with E-state index in [4.69, 9.17) is 10.7 Å². The zero-order valence-electron chi connectivity index (χ0n) is 17.8. The summed E-state index contributed by atoms with van der Waals surface area (Å²) in [4.78, 5) is 17.8. The first kappa shape index (κ1) is 21.3. The van der Waals surface area contributed by atoms with Crippen molar-refractivity contribution in [3.63, 3.8) is 0 Å². The van der Waals surface area contributed by atoms with Crippen LogP contribution in [-0.4, -0.2) is 43.7 Å². The van der Waals surface area contributed by atoms with Crippen LogP contribution >= 0.6 is 0 Å². The highest BCUT2D eigenvalue weighted by Gasteiger charge is 2.18. The predicted molar refractivity (Wildman–Crippen MR) is 127 cm³/mol. The Labute approximate surface area is 177 Å². The zero-order chi connectivity index (χ0) is 21.8. The molecule has 2 heterocycles. The molecule has 1 aromatic carbocycles. The van der Waals surface area contributed by atoms with E-state index in [0.29, 0.717) is 12.1 Å². The Bertz CT molecular complexity index is 1090. The van der Waals surface area contributed by atoms with E-state index >= 15 is 0 Å².